The Hall–Kier alpha value is -1.40. The smallest absolute Gasteiger partial charge is 0.308 e. The number of hydrogen-bond donors (Lipinski definition) is 1. The molecule has 0 radical (unpaired) electrons. The van der Waals surface area contributed by atoms with Crippen molar-refractivity contribution < 1.29 is 14.6 Å². The molecule has 16 heavy (non-hydrogen) atoms. The zero-order valence-corrected chi connectivity index (χ0v) is 9.82. The Morgan fingerprint density at radius 3 is 3.19 bits per heavy atom. The molecule has 1 atom stereocenters. The summed E-state index contributed by atoms with van der Waals surface area (Å²) >= 11 is 1.49. The van der Waals surface area contributed by atoms with E-state index in [4.69, 9.17) is 0 Å². The van der Waals surface area contributed by atoms with Crippen LogP contribution in [0.2, 0.25) is 0 Å². The number of carbonyl (C=O) groups is 1. The van der Waals surface area contributed by atoms with Crippen LogP contribution in [0.1, 0.15) is 23.9 Å². The van der Waals surface area contributed by atoms with Crippen molar-refractivity contribution in [2.45, 2.75) is 19.4 Å². The number of thiazole rings is 1. The summed E-state index contributed by atoms with van der Waals surface area (Å²) in [7, 11) is 1.30. The number of aliphatic hydroxyl groups excluding tert-OH is 1. The van der Waals surface area contributed by atoms with Gasteiger partial charge in [-0.3, -0.25) is 9.20 Å². The van der Waals surface area contributed by atoms with Crippen LogP contribution in [0.3, 0.4) is 0 Å². The van der Waals surface area contributed by atoms with Crippen LogP contribution in [0.4, 0.5) is 0 Å². The summed E-state index contributed by atoms with van der Waals surface area (Å²) < 4.78 is 6.33. The third-order valence-corrected chi connectivity index (χ3v) is 3.14. The lowest BCUT2D eigenvalue weighted by molar-refractivity contribution is -0.142. The van der Waals surface area contributed by atoms with Crippen molar-refractivity contribution in [2.75, 3.05) is 7.11 Å². The second kappa shape index (κ2) is 4.23. The number of aromatic nitrogens is 2. The van der Waals surface area contributed by atoms with Crippen molar-refractivity contribution in [1.82, 2.24) is 9.38 Å². The zero-order chi connectivity index (χ0) is 11.7. The molecule has 86 valence electrons. The van der Waals surface area contributed by atoms with Gasteiger partial charge in [-0.1, -0.05) is 0 Å². The number of rotatable bonds is 3. The molecule has 0 saturated heterocycles. The maximum Gasteiger partial charge on any atom is 0.308 e. The van der Waals surface area contributed by atoms with Gasteiger partial charge < -0.3 is 9.84 Å². The molecule has 5 nitrogen and oxygen atoms in total. The number of esters is 1. The summed E-state index contributed by atoms with van der Waals surface area (Å²) in [5.41, 5.74) is 1.39. The van der Waals surface area contributed by atoms with E-state index in [9.17, 15) is 9.90 Å². The van der Waals surface area contributed by atoms with Crippen LogP contribution in [0.15, 0.2) is 11.6 Å². The average molecular weight is 240 g/mol. The van der Waals surface area contributed by atoms with Crippen molar-refractivity contribution in [2.24, 2.45) is 0 Å². The monoisotopic (exact) mass is 240 g/mol. The summed E-state index contributed by atoms with van der Waals surface area (Å²) in [4.78, 5) is 16.2. The van der Waals surface area contributed by atoms with Gasteiger partial charge in [-0.15, -0.1) is 11.3 Å². The van der Waals surface area contributed by atoms with Crippen LogP contribution in [0.5, 0.6) is 0 Å². The molecule has 0 aromatic carbocycles. The van der Waals surface area contributed by atoms with E-state index in [1.807, 2.05) is 18.5 Å². The van der Waals surface area contributed by atoms with Crippen molar-refractivity contribution >= 4 is 22.3 Å². The molecule has 0 aliphatic heterocycles. The second-order valence-electron chi connectivity index (χ2n) is 3.43. The number of hydrogen-bond acceptors (Lipinski definition) is 5. The molecule has 6 heteroatoms. The summed E-state index contributed by atoms with van der Waals surface area (Å²) in [5, 5.41) is 11.8. The van der Waals surface area contributed by atoms with Crippen molar-refractivity contribution in [1.29, 1.82) is 0 Å². The number of ether oxygens (including phenoxy) is 1. The molecule has 2 aromatic rings. The SMILES string of the molecule is COC(=O)CC(O)c1c(C)nc2sccn12. The first-order valence-electron chi connectivity index (χ1n) is 4.80. The minimum absolute atomic E-state index is 0.0546. The van der Waals surface area contributed by atoms with Gasteiger partial charge in [0.1, 0.15) is 6.10 Å². The number of methoxy groups -OCH3 is 1. The van der Waals surface area contributed by atoms with Crippen LogP contribution in [-0.2, 0) is 9.53 Å². The van der Waals surface area contributed by atoms with Gasteiger partial charge in [0.05, 0.1) is 24.9 Å². The number of aryl methyl sites for hydroxylation is 1. The van der Waals surface area contributed by atoms with Crippen LogP contribution in [0, 0.1) is 6.92 Å². The van der Waals surface area contributed by atoms with E-state index >= 15 is 0 Å². The highest BCUT2D eigenvalue weighted by atomic mass is 32.1. The first kappa shape index (κ1) is 11.1. The molecule has 1 N–H and O–H groups in total. The molecule has 2 aromatic heterocycles. The maximum absolute atomic E-state index is 11.1. The van der Waals surface area contributed by atoms with Crippen LogP contribution in [0.25, 0.3) is 4.96 Å². The predicted molar refractivity (Wildman–Crippen MR) is 59.4 cm³/mol. The number of fused-ring (bicyclic) bond motifs is 1. The van der Waals surface area contributed by atoms with E-state index in [-0.39, 0.29) is 6.42 Å². The molecule has 0 aliphatic carbocycles. The minimum Gasteiger partial charge on any atom is -0.469 e. The molecule has 0 amide bonds. The molecule has 0 aliphatic rings. The van der Waals surface area contributed by atoms with E-state index in [1.54, 1.807) is 4.40 Å². The van der Waals surface area contributed by atoms with E-state index < -0.39 is 12.1 Å². The fourth-order valence-corrected chi connectivity index (χ4v) is 2.42. The van der Waals surface area contributed by atoms with Gasteiger partial charge in [0.15, 0.2) is 4.96 Å². The maximum atomic E-state index is 11.1. The Kier molecular flexibility index (Phi) is 2.93. The van der Waals surface area contributed by atoms with E-state index in [0.29, 0.717) is 5.69 Å². The first-order chi connectivity index (χ1) is 7.63. The van der Waals surface area contributed by atoms with Crippen molar-refractivity contribution in [3.8, 4) is 0 Å². The molecule has 0 bridgehead atoms. The van der Waals surface area contributed by atoms with Gasteiger partial charge in [-0.2, -0.15) is 0 Å². The predicted octanol–water partition coefficient (Wildman–Crippen LogP) is 1.30. The van der Waals surface area contributed by atoms with E-state index in [0.717, 1.165) is 10.7 Å². The molecule has 2 heterocycles. The Morgan fingerprint density at radius 1 is 1.75 bits per heavy atom. The van der Waals surface area contributed by atoms with E-state index in [2.05, 4.69) is 9.72 Å². The minimum atomic E-state index is -0.878. The normalized spacial score (nSPS) is 12.9. The molecule has 2 rings (SSSR count). The number of imidazole rings is 1. The standard InChI is InChI=1S/C10H12N2O3S/c1-6-9(7(13)5-8(14)15-2)12-3-4-16-10(12)11-6/h3-4,7,13H,5H2,1-2H3. The van der Waals surface area contributed by atoms with Crippen LogP contribution < -0.4 is 0 Å². The Balaban J connectivity index is 2.34. The van der Waals surface area contributed by atoms with Gasteiger partial charge in [0.2, 0.25) is 0 Å². The van der Waals surface area contributed by atoms with Gasteiger partial charge in [-0.25, -0.2) is 4.98 Å². The molecular weight excluding hydrogens is 228 g/mol. The third-order valence-electron chi connectivity index (χ3n) is 2.39. The average Bonchev–Trinajstić information content (AvgIpc) is 2.76. The quantitative estimate of drug-likeness (QED) is 0.821. The highest BCUT2D eigenvalue weighted by molar-refractivity contribution is 7.15. The summed E-state index contributed by atoms with van der Waals surface area (Å²) in [6.45, 7) is 1.82. The largest absolute Gasteiger partial charge is 0.469 e. The fourth-order valence-electron chi connectivity index (χ4n) is 1.65. The molecule has 0 fully saturated rings. The summed E-state index contributed by atoms with van der Waals surface area (Å²) in [6, 6.07) is 0. The Morgan fingerprint density at radius 2 is 2.50 bits per heavy atom. The van der Waals surface area contributed by atoms with Gasteiger partial charge in [0.25, 0.3) is 0 Å². The number of aliphatic hydroxyl groups is 1. The van der Waals surface area contributed by atoms with Gasteiger partial charge >= 0.3 is 5.97 Å². The molecule has 0 spiro atoms. The highest BCUT2D eigenvalue weighted by Crippen LogP contribution is 2.24. The zero-order valence-electron chi connectivity index (χ0n) is 9.01. The Labute approximate surface area is 96.3 Å². The highest BCUT2D eigenvalue weighted by Gasteiger charge is 2.20. The van der Waals surface area contributed by atoms with Crippen LogP contribution >= 0.6 is 11.3 Å². The molecule has 1 unspecified atom stereocenters. The second-order valence-corrected chi connectivity index (χ2v) is 4.31. The lowest BCUT2D eigenvalue weighted by Crippen LogP contribution is -2.10. The third kappa shape index (κ3) is 1.81. The number of nitrogens with zero attached hydrogens (tertiary/aromatic N) is 2. The van der Waals surface area contributed by atoms with Crippen molar-refractivity contribution in [3.63, 3.8) is 0 Å². The van der Waals surface area contributed by atoms with Crippen LogP contribution in [-0.4, -0.2) is 27.6 Å². The number of carbonyl (C=O) groups excluding carboxylic acids is 1. The van der Waals surface area contributed by atoms with Gasteiger partial charge in [-0.05, 0) is 6.92 Å². The topological polar surface area (TPSA) is 63.8 Å². The summed E-state index contributed by atoms with van der Waals surface area (Å²) in [6.07, 6.45) is 0.897. The lowest BCUT2D eigenvalue weighted by atomic mass is 10.1. The first-order valence-corrected chi connectivity index (χ1v) is 5.68. The molecular formula is C10H12N2O3S. The van der Waals surface area contributed by atoms with Crippen molar-refractivity contribution in [3.05, 3.63) is 23.0 Å². The molecule has 0 saturated carbocycles. The lowest BCUT2D eigenvalue weighted by Gasteiger charge is -2.09. The van der Waals surface area contributed by atoms with E-state index in [1.165, 1.54) is 18.4 Å². The Bertz CT molecular complexity index is 517. The van der Waals surface area contributed by atoms with Gasteiger partial charge in [0, 0.05) is 11.6 Å². The summed E-state index contributed by atoms with van der Waals surface area (Å²) in [5.74, 6) is -0.433. The fraction of sp³-hybridized carbons (Fsp3) is 0.400.